The van der Waals surface area contributed by atoms with E-state index in [-0.39, 0.29) is 22.8 Å². The molecule has 0 bridgehead atoms. The number of fused-ring (bicyclic) bond motifs is 1. The van der Waals surface area contributed by atoms with Gasteiger partial charge in [-0.05, 0) is 71.6 Å². The molecule has 13 heteroatoms. The summed E-state index contributed by atoms with van der Waals surface area (Å²) in [5.41, 5.74) is 0.300. The summed E-state index contributed by atoms with van der Waals surface area (Å²) in [5, 5.41) is 13.1. The molecule has 9 nitrogen and oxygen atoms in total. The maximum atomic E-state index is 13.3. The molecule has 0 atom stereocenters. The SMILES string of the molecule is O=C(O)c1cc(C(F)(F)F)ccc1-c1ccc2c(c1)CCN2S(=O)(=O)c1ccc(-c2noc(=O)[nH]2)cc1. The summed E-state index contributed by atoms with van der Waals surface area (Å²) < 4.78 is 71.5. The molecule has 4 aromatic rings. The second kappa shape index (κ2) is 8.62. The van der Waals surface area contributed by atoms with Crippen LogP contribution in [-0.4, -0.2) is 36.2 Å². The molecular weight excluding hydrogens is 515 g/mol. The molecule has 1 aliphatic rings. The zero-order valence-corrected chi connectivity index (χ0v) is 19.4. The third-order valence-corrected chi connectivity index (χ3v) is 7.80. The van der Waals surface area contributed by atoms with E-state index in [2.05, 4.69) is 14.7 Å². The summed E-state index contributed by atoms with van der Waals surface area (Å²) in [5.74, 6) is -2.10. The van der Waals surface area contributed by atoms with Crippen LogP contribution in [0.15, 0.2) is 74.9 Å². The van der Waals surface area contributed by atoms with Gasteiger partial charge in [0.1, 0.15) is 0 Å². The van der Waals surface area contributed by atoms with Gasteiger partial charge >= 0.3 is 17.9 Å². The molecule has 3 aromatic carbocycles. The van der Waals surface area contributed by atoms with Crippen LogP contribution in [0.5, 0.6) is 0 Å². The van der Waals surface area contributed by atoms with E-state index in [1.807, 2.05) is 0 Å². The van der Waals surface area contributed by atoms with E-state index in [0.29, 0.717) is 34.9 Å². The van der Waals surface area contributed by atoms with Gasteiger partial charge in [-0.2, -0.15) is 13.2 Å². The summed E-state index contributed by atoms with van der Waals surface area (Å²) in [7, 11) is -3.97. The first-order valence-corrected chi connectivity index (χ1v) is 12.2. The normalized spacial score (nSPS) is 13.5. The van der Waals surface area contributed by atoms with E-state index in [0.717, 1.165) is 12.1 Å². The van der Waals surface area contributed by atoms with E-state index in [4.69, 9.17) is 0 Å². The standard InChI is InChI=1S/C24H16F3N3O6S/c25-24(26,27)16-4-7-18(19(12-16)22(31)32)14-3-8-20-15(11-14)9-10-30(20)37(34,35)17-5-1-13(2-6-17)21-28-23(33)36-29-21/h1-8,11-12H,9-10H2,(H,31,32)(H,28,29,33). The predicted octanol–water partition coefficient (Wildman–Crippen LogP) is 4.17. The van der Waals surface area contributed by atoms with Gasteiger partial charge in [0.15, 0.2) is 5.82 Å². The Labute approximate surface area is 206 Å². The second-order valence-electron chi connectivity index (χ2n) is 8.20. The van der Waals surface area contributed by atoms with Gasteiger partial charge in [-0.3, -0.25) is 13.8 Å². The number of nitrogens with zero attached hydrogens (tertiary/aromatic N) is 2. The second-order valence-corrected chi connectivity index (χ2v) is 10.1. The van der Waals surface area contributed by atoms with Crippen molar-refractivity contribution in [1.29, 1.82) is 0 Å². The fourth-order valence-corrected chi connectivity index (χ4v) is 5.71. The Morgan fingerprint density at radius 1 is 1.03 bits per heavy atom. The summed E-state index contributed by atoms with van der Waals surface area (Å²) >= 11 is 0. The van der Waals surface area contributed by atoms with Crippen molar-refractivity contribution in [1.82, 2.24) is 10.1 Å². The van der Waals surface area contributed by atoms with Crippen molar-refractivity contribution < 1.29 is 36.0 Å². The fourth-order valence-electron chi connectivity index (χ4n) is 4.20. The minimum Gasteiger partial charge on any atom is -0.478 e. The Bertz CT molecular complexity index is 1690. The van der Waals surface area contributed by atoms with Crippen molar-refractivity contribution in [3.05, 3.63) is 87.9 Å². The Morgan fingerprint density at radius 2 is 1.73 bits per heavy atom. The van der Waals surface area contributed by atoms with Crippen LogP contribution in [0.1, 0.15) is 21.5 Å². The molecule has 0 unspecified atom stereocenters. The number of H-pyrrole nitrogens is 1. The Morgan fingerprint density at radius 3 is 2.35 bits per heavy atom. The summed E-state index contributed by atoms with van der Waals surface area (Å²) in [6, 6.07) is 12.7. The van der Waals surface area contributed by atoms with E-state index >= 15 is 0 Å². The Balaban J connectivity index is 1.47. The number of alkyl halides is 3. The summed E-state index contributed by atoms with van der Waals surface area (Å²) in [6.07, 6.45) is -4.37. The van der Waals surface area contributed by atoms with Crippen LogP contribution in [0, 0.1) is 0 Å². The smallest absolute Gasteiger partial charge is 0.439 e. The van der Waals surface area contributed by atoms with E-state index in [1.165, 1.54) is 40.7 Å². The lowest BCUT2D eigenvalue weighted by molar-refractivity contribution is -0.137. The summed E-state index contributed by atoms with van der Waals surface area (Å²) in [4.78, 5) is 25.2. The molecule has 2 N–H and O–H groups in total. The van der Waals surface area contributed by atoms with Crippen molar-refractivity contribution in [3.8, 4) is 22.5 Å². The molecule has 190 valence electrons. The third-order valence-electron chi connectivity index (χ3n) is 5.98. The van der Waals surface area contributed by atoms with Crippen molar-refractivity contribution in [2.24, 2.45) is 0 Å². The number of halogens is 3. The average Bonchev–Trinajstić information content (AvgIpc) is 3.49. The lowest BCUT2D eigenvalue weighted by atomic mass is 9.95. The van der Waals surface area contributed by atoms with Gasteiger partial charge in [-0.1, -0.05) is 17.3 Å². The quantitative estimate of drug-likeness (QED) is 0.395. The van der Waals surface area contributed by atoms with Crippen molar-refractivity contribution in [2.75, 3.05) is 10.8 Å². The van der Waals surface area contributed by atoms with Crippen LogP contribution in [-0.2, 0) is 22.6 Å². The highest BCUT2D eigenvalue weighted by Gasteiger charge is 2.33. The fraction of sp³-hybridized carbons (Fsp3) is 0.125. The van der Waals surface area contributed by atoms with Crippen LogP contribution >= 0.6 is 0 Å². The van der Waals surface area contributed by atoms with Crippen LogP contribution < -0.4 is 10.1 Å². The molecular formula is C24H16F3N3O6S. The largest absolute Gasteiger partial charge is 0.478 e. The number of aromatic nitrogens is 2. The minimum absolute atomic E-state index is 0.00470. The third kappa shape index (κ3) is 4.37. The highest BCUT2D eigenvalue weighted by molar-refractivity contribution is 7.92. The number of rotatable bonds is 5. The first kappa shape index (κ1) is 24.3. The molecule has 5 rings (SSSR count). The number of benzene rings is 3. The van der Waals surface area contributed by atoms with Gasteiger partial charge in [-0.25, -0.2) is 18.0 Å². The Kier molecular flexibility index (Phi) is 5.67. The Hall–Kier alpha value is -4.39. The van der Waals surface area contributed by atoms with Crippen molar-refractivity contribution in [3.63, 3.8) is 0 Å². The molecule has 0 saturated heterocycles. The maximum Gasteiger partial charge on any atom is 0.439 e. The lowest BCUT2D eigenvalue weighted by Gasteiger charge is -2.20. The van der Waals surface area contributed by atoms with Crippen LogP contribution in [0.4, 0.5) is 18.9 Å². The molecule has 0 saturated carbocycles. The highest BCUT2D eigenvalue weighted by atomic mass is 32.2. The van der Waals surface area contributed by atoms with Crippen LogP contribution in [0.3, 0.4) is 0 Å². The van der Waals surface area contributed by atoms with Gasteiger partial charge in [0.25, 0.3) is 10.0 Å². The summed E-state index contributed by atoms with van der Waals surface area (Å²) in [6.45, 7) is 0.123. The predicted molar refractivity (Wildman–Crippen MR) is 125 cm³/mol. The topological polar surface area (TPSA) is 134 Å². The number of aromatic amines is 1. The first-order chi connectivity index (χ1) is 17.4. The maximum absolute atomic E-state index is 13.3. The zero-order valence-electron chi connectivity index (χ0n) is 18.6. The van der Waals surface area contributed by atoms with Crippen molar-refractivity contribution in [2.45, 2.75) is 17.5 Å². The van der Waals surface area contributed by atoms with E-state index < -0.39 is 39.1 Å². The molecule has 0 amide bonds. The number of nitrogens with one attached hydrogen (secondary N) is 1. The van der Waals surface area contributed by atoms with Crippen LogP contribution in [0.25, 0.3) is 22.5 Å². The van der Waals surface area contributed by atoms with Crippen LogP contribution in [0.2, 0.25) is 0 Å². The van der Waals surface area contributed by atoms with Gasteiger partial charge in [0, 0.05) is 12.1 Å². The number of carboxylic acid groups (broad SMARTS) is 1. The van der Waals surface area contributed by atoms with Gasteiger partial charge in [0.2, 0.25) is 0 Å². The molecule has 37 heavy (non-hydrogen) atoms. The minimum atomic E-state index is -4.69. The molecule has 0 spiro atoms. The van der Waals surface area contributed by atoms with E-state index in [1.54, 1.807) is 6.07 Å². The number of hydrogen-bond donors (Lipinski definition) is 2. The van der Waals surface area contributed by atoms with E-state index in [9.17, 15) is 36.3 Å². The van der Waals surface area contributed by atoms with Gasteiger partial charge < -0.3 is 5.11 Å². The number of carbonyl (C=O) groups is 1. The number of carboxylic acids is 1. The number of aromatic carboxylic acids is 1. The number of hydrogen-bond acceptors (Lipinski definition) is 6. The highest BCUT2D eigenvalue weighted by Crippen LogP contribution is 2.38. The molecule has 2 heterocycles. The van der Waals surface area contributed by atoms with Gasteiger partial charge in [-0.15, -0.1) is 0 Å². The zero-order chi connectivity index (χ0) is 26.5. The molecule has 0 radical (unpaired) electrons. The number of anilines is 1. The molecule has 0 fully saturated rings. The lowest BCUT2D eigenvalue weighted by Crippen LogP contribution is -2.29. The molecule has 0 aliphatic carbocycles. The molecule has 1 aromatic heterocycles. The first-order valence-electron chi connectivity index (χ1n) is 10.7. The average molecular weight is 531 g/mol. The molecule has 1 aliphatic heterocycles. The van der Waals surface area contributed by atoms with Gasteiger partial charge in [0.05, 0.1) is 21.7 Å². The van der Waals surface area contributed by atoms with Crippen molar-refractivity contribution >= 4 is 21.7 Å². The monoisotopic (exact) mass is 531 g/mol. The number of sulfonamides is 1.